The van der Waals surface area contributed by atoms with Gasteiger partial charge in [0.15, 0.2) is 11.0 Å². The number of carbonyl (C=O) groups is 3. The lowest BCUT2D eigenvalue weighted by Crippen LogP contribution is -2.17. The van der Waals surface area contributed by atoms with E-state index in [9.17, 15) is 18.8 Å². The predicted octanol–water partition coefficient (Wildman–Crippen LogP) is 3.48. The summed E-state index contributed by atoms with van der Waals surface area (Å²) in [6, 6.07) is 5.90. The molecule has 3 aromatic rings. The summed E-state index contributed by atoms with van der Waals surface area (Å²) in [4.78, 5) is 36.9. The van der Waals surface area contributed by atoms with E-state index in [2.05, 4.69) is 15.5 Å². The molecule has 33 heavy (non-hydrogen) atoms. The molecule has 0 bridgehead atoms. The van der Waals surface area contributed by atoms with Crippen LogP contribution in [0.2, 0.25) is 0 Å². The molecule has 0 aliphatic carbocycles. The molecule has 9 nitrogen and oxygen atoms in total. The number of aromatic nitrogens is 3. The molecule has 0 spiro atoms. The Morgan fingerprint density at radius 3 is 2.52 bits per heavy atom. The van der Waals surface area contributed by atoms with E-state index in [-0.39, 0.29) is 33.6 Å². The van der Waals surface area contributed by atoms with Gasteiger partial charge in [0.1, 0.15) is 10.8 Å². The average molecular weight is 492 g/mol. The summed E-state index contributed by atoms with van der Waals surface area (Å²) in [7, 11) is 0. The van der Waals surface area contributed by atoms with E-state index >= 15 is 0 Å². The maximum Gasteiger partial charge on any atom is 0.341 e. The first-order chi connectivity index (χ1) is 15.8. The van der Waals surface area contributed by atoms with Crippen LogP contribution in [-0.2, 0) is 16.1 Å². The lowest BCUT2D eigenvalue weighted by molar-refractivity contribution is -0.113. The number of nitrogens with one attached hydrogen (secondary N) is 1. The fraction of sp³-hybridized carbons (Fsp3) is 0.286. The number of rotatable bonds is 9. The number of thioether (sulfide) groups is 1. The second kappa shape index (κ2) is 10.6. The first-order valence-corrected chi connectivity index (χ1v) is 11.8. The largest absolute Gasteiger partial charge is 0.462 e. The molecule has 2 aromatic heterocycles. The molecule has 0 unspecified atom stereocenters. The Hall–Kier alpha value is -3.25. The Labute approximate surface area is 197 Å². The first-order valence-electron chi connectivity index (χ1n) is 9.98. The minimum absolute atomic E-state index is 0.0212. The van der Waals surface area contributed by atoms with Gasteiger partial charge in [-0.15, -0.1) is 21.5 Å². The Kier molecular flexibility index (Phi) is 7.82. The van der Waals surface area contributed by atoms with Crippen LogP contribution in [0.5, 0.6) is 0 Å². The first kappa shape index (κ1) is 24.4. The summed E-state index contributed by atoms with van der Waals surface area (Å²) in [5.74, 6) is -1.55. The van der Waals surface area contributed by atoms with Crippen LogP contribution in [-0.4, -0.2) is 44.9 Å². The lowest BCUT2D eigenvalue weighted by Gasteiger charge is -2.08. The number of anilines is 1. The minimum Gasteiger partial charge on any atom is -0.462 e. The number of carbonyl (C=O) groups excluding carboxylic acids is 3. The minimum atomic E-state index is -0.692. The number of hydrogen-bond donors (Lipinski definition) is 2. The van der Waals surface area contributed by atoms with Crippen molar-refractivity contribution in [2.75, 3.05) is 17.7 Å². The fourth-order valence-corrected chi connectivity index (χ4v) is 4.94. The Bertz CT molecular complexity index is 1190. The van der Waals surface area contributed by atoms with E-state index in [1.165, 1.54) is 12.1 Å². The van der Waals surface area contributed by atoms with Crippen LogP contribution < -0.4 is 11.1 Å². The van der Waals surface area contributed by atoms with Crippen molar-refractivity contribution in [3.8, 4) is 11.4 Å². The molecular formula is C21H22FN5O4S2. The van der Waals surface area contributed by atoms with Gasteiger partial charge in [0, 0.05) is 12.1 Å². The Morgan fingerprint density at radius 2 is 1.91 bits per heavy atom. The highest BCUT2D eigenvalue weighted by molar-refractivity contribution is 7.99. The van der Waals surface area contributed by atoms with Crippen molar-refractivity contribution in [2.24, 2.45) is 5.73 Å². The molecule has 0 radical (unpaired) electrons. The van der Waals surface area contributed by atoms with Crippen molar-refractivity contribution in [3.05, 3.63) is 46.1 Å². The van der Waals surface area contributed by atoms with Crippen LogP contribution in [0.4, 0.5) is 9.39 Å². The van der Waals surface area contributed by atoms with Crippen molar-refractivity contribution in [1.29, 1.82) is 0 Å². The van der Waals surface area contributed by atoms with E-state index < -0.39 is 17.8 Å². The van der Waals surface area contributed by atoms with E-state index in [4.69, 9.17) is 10.5 Å². The van der Waals surface area contributed by atoms with Crippen molar-refractivity contribution in [2.45, 2.75) is 32.5 Å². The number of nitrogens with zero attached hydrogens (tertiary/aromatic N) is 3. The standard InChI is InChI=1S/C21H22FN5O4S2/c1-4-27-18(12-6-8-13(22)9-7-12)25-26-21(27)32-10-14(28)24-19-15(20(30)31-5-2)11(3)16(33-19)17(23)29/h6-9H,4-5,10H2,1-3H3,(H2,23,29)(H,24,28). The van der Waals surface area contributed by atoms with Gasteiger partial charge < -0.3 is 20.4 Å². The molecule has 0 atom stereocenters. The Balaban J connectivity index is 1.76. The highest BCUT2D eigenvalue weighted by Gasteiger charge is 2.26. The van der Waals surface area contributed by atoms with Gasteiger partial charge in [-0.2, -0.15) is 0 Å². The van der Waals surface area contributed by atoms with Gasteiger partial charge >= 0.3 is 5.97 Å². The molecular weight excluding hydrogens is 469 g/mol. The van der Waals surface area contributed by atoms with Gasteiger partial charge in [0.05, 0.1) is 22.8 Å². The molecule has 3 N–H and O–H groups in total. The smallest absolute Gasteiger partial charge is 0.341 e. The number of hydrogen-bond acceptors (Lipinski definition) is 8. The third-order valence-corrected chi connectivity index (χ3v) is 6.76. The number of halogens is 1. The molecule has 0 aliphatic rings. The van der Waals surface area contributed by atoms with E-state index in [1.807, 2.05) is 11.5 Å². The number of nitrogens with two attached hydrogens (primary N) is 1. The molecule has 2 heterocycles. The average Bonchev–Trinajstić information content (AvgIpc) is 3.33. The molecule has 3 rings (SSSR count). The predicted molar refractivity (Wildman–Crippen MR) is 124 cm³/mol. The van der Waals surface area contributed by atoms with Gasteiger partial charge in [0.25, 0.3) is 5.91 Å². The molecule has 0 aliphatic heterocycles. The van der Waals surface area contributed by atoms with Crippen LogP contribution in [0, 0.1) is 12.7 Å². The summed E-state index contributed by atoms with van der Waals surface area (Å²) in [6.07, 6.45) is 0. The molecule has 0 saturated carbocycles. The maximum atomic E-state index is 13.2. The highest BCUT2D eigenvalue weighted by Crippen LogP contribution is 2.34. The van der Waals surface area contributed by atoms with Gasteiger partial charge in [-0.05, 0) is 50.6 Å². The molecule has 2 amide bonds. The second-order valence-corrected chi connectivity index (χ2v) is 8.70. The zero-order chi connectivity index (χ0) is 24.1. The monoisotopic (exact) mass is 491 g/mol. The van der Waals surface area contributed by atoms with Crippen LogP contribution in [0.3, 0.4) is 0 Å². The summed E-state index contributed by atoms with van der Waals surface area (Å²) in [6.45, 7) is 5.84. The van der Waals surface area contributed by atoms with Crippen molar-refractivity contribution in [3.63, 3.8) is 0 Å². The number of esters is 1. The van der Waals surface area contributed by atoms with E-state index in [0.29, 0.717) is 28.7 Å². The summed E-state index contributed by atoms with van der Waals surface area (Å²) < 4.78 is 20.1. The zero-order valence-corrected chi connectivity index (χ0v) is 19.8. The molecule has 174 valence electrons. The van der Waals surface area contributed by atoms with Gasteiger partial charge in [-0.3, -0.25) is 9.59 Å². The van der Waals surface area contributed by atoms with Crippen LogP contribution in [0.15, 0.2) is 29.4 Å². The summed E-state index contributed by atoms with van der Waals surface area (Å²) >= 11 is 2.09. The Morgan fingerprint density at radius 1 is 1.21 bits per heavy atom. The van der Waals surface area contributed by atoms with Crippen LogP contribution >= 0.6 is 23.1 Å². The van der Waals surface area contributed by atoms with Crippen LogP contribution in [0.25, 0.3) is 11.4 Å². The molecule has 0 saturated heterocycles. The summed E-state index contributed by atoms with van der Waals surface area (Å²) in [5, 5.41) is 11.7. The zero-order valence-electron chi connectivity index (χ0n) is 18.2. The van der Waals surface area contributed by atoms with Gasteiger partial charge in [-0.25, -0.2) is 9.18 Å². The van der Waals surface area contributed by atoms with E-state index in [0.717, 1.165) is 23.1 Å². The number of ether oxygens (including phenoxy) is 1. The molecule has 1 aromatic carbocycles. The van der Waals surface area contributed by atoms with Gasteiger partial charge in [-0.1, -0.05) is 11.8 Å². The summed E-state index contributed by atoms with van der Waals surface area (Å²) in [5.41, 5.74) is 6.57. The van der Waals surface area contributed by atoms with Gasteiger partial charge in [0.2, 0.25) is 5.91 Å². The number of primary amides is 1. The maximum absolute atomic E-state index is 13.2. The normalized spacial score (nSPS) is 10.8. The van der Waals surface area contributed by atoms with Crippen LogP contribution in [0.1, 0.15) is 39.4 Å². The number of thiophene rings is 1. The lowest BCUT2D eigenvalue weighted by atomic mass is 10.1. The topological polar surface area (TPSA) is 129 Å². The number of amides is 2. The third-order valence-electron chi connectivity index (χ3n) is 4.57. The molecule has 12 heteroatoms. The second-order valence-electron chi connectivity index (χ2n) is 6.74. The molecule has 0 fully saturated rings. The SMILES string of the molecule is CCOC(=O)c1c(NC(=O)CSc2nnc(-c3ccc(F)cc3)n2CC)sc(C(N)=O)c1C. The fourth-order valence-electron chi connectivity index (χ4n) is 3.07. The van der Waals surface area contributed by atoms with Crippen molar-refractivity contribution < 1.29 is 23.5 Å². The number of benzene rings is 1. The van der Waals surface area contributed by atoms with Crippen molar-refractivity contribution >= 4 is 45.9 Å². The highest BCUT2D eigenvalue weighted by atomic mass is 32.2. The van der Waals surface area contributed by atoms with E-state index in [1.54, 1.807) is 26.0 Å². The quantitative estimate of drug-likeness (QED) is 0.346. The third kappa shape index (κ3) is 5.40. The van der Waals surface area contributed by atoms with Crippen molar-refractivity contribution in [1.82, 2.24) is 14.8 Å².